The zero-order valence-corrected chi connectivity index (χ0v) is 18.0. The van der Waals surface area contributed by atoms with Crippen molar-refractivity contribution in [2.75, 3.05) is 39.8 Å². The SMILES string of the molecule is COc1nc(C)c(C(=O)N2CC3CN(CC[C@H](N)c4ccccc4)CC3C2)c(C)n1. The number of fused-ring (bicyclic) bond motifs is 1. The lowest BCUT2D eigenvalue weighted by Gasteiger charge is -2.23. The lowest BCUT2D eigenvalue weighted by atomic mass is 10.0. The van der Waals surface area contributed by atoms with Gasteiger partial charge in [-0.05, 0) is 44.2 Å². The monoisotopic (exact) mass is 409 g/mol. The van der Waals surface area contributed by atoms with Gasteiger partial charge in [-0.15, -0.1) is 0 Å². The molecule has 1 amide bonds. The molecule has 0 radical (unpaired) electrons. The van der Waals surface area contributed by atoms with E-state index in [1.165, 1.54) is 12.7 Å². The first kappa shape index (κ1) is 20.8. The Bertz CT molecular complexity index is 867. The minimum Gasteiger partial charge on any atom is -0.467 e. The Kier molecular flexibility index (Phi) is 6.01. The average Bonchev–Trinajstić information content (AvgIpc) is 3.30. The van der Waals surface area contributed by atoms with Gasteiger partial charge in [0.15, 0.2) is 0 Å². The number of carbonyl (C=O) groups excluding carboxylic acids is 1. The van der Waals surface area contributed by atoms with Crippen molar-refractivity contribution >= 4 is 5.91 Å². The number of rotatable bonds is 6. The van der Waals surface area contributed by atoms with Crippen molar-refractivity contribution in [3.8, 4) is 6.01 Å². The van der Waals surface area contributed by atoms with E-state index in [-0.39, 0.29) is 11.9 Å². The van der Waals surface area contributed by atoms with Crippen LogP contribution in [-0.2, 0) is 0 Å². The van der Waals surface area contributed by atoms with Crippen LogP contribution in [-0.4, -0.2) is 65.5 Å². The van der Waals surface area contributed by atoms with E-state index in [2.05, 4.69) is 27.0 Å². The number of nitrogens with zero attached hydrogens (tertiary/aromatic N) is 4. The molecule has 1 aromatic carbocycles. The molecule has 7 nitrogen and oxygen atoms in total. The third kappa shape index (κ3) is 4.18. The Morgan fingerprint density at radius 3 is 2.27 bits per heavy atom. The predicted octanol–water partition coefficient (Wildman–Crippen LogP) is 2.20. The Hall–Kier alpha value is -2.51. The largest absolute Gasteiger partial charge is 0.467 e. The van der Waals surface area contributed by atoms with Crippen LogP contribution in [0.4, 0.5) is 0 Å². The summed E-state index contributed by atoms with van der Waals surface area (Å²) in [7, 11) is 1.54. The van der Waals surface area contributed by atoms with E-state index in [1.807, 2.05) is 36.9 Å². The van der Waals surface area contributed by atoms with Crippen molar-refractivity contribution in [3.05, 3.63) is 52.8 Å². The summed E-state index contributed by atoms with van der Waals surface area (Å²) >= 11 is 0. The number of nitrogens with two attached hydrogens (primary N) is 1. The molecule has 2 fully saturated rings. The summed E-state index contributed by atoms with van der Waals surface area (Å²) in [5.74, 6) is 1.10. The van der Waals surface area contributed by atoms with Crippen LogP contribution in [0, 0.1) is 25.7 Å². The Morgan fingerprint density at radius 1 is 1.10 bits per heavy atom. The molecule has 7 heteroatoms. The van der Waals surface area contributed by atoms with Crippen molar-refractivity contribution in [1.29, 1.82) is 0 Å². The predicted molar refractivity (Wildman–Crippen MR) is 115 cm³/mol. The zero-order valence-electron chi connectivity index (χ0n) is 18.0. The third-order valence-corrected chi connectivity index (χ3v) is 6.48. The first-order valence-electron chi connectivity index (χ1n) is 10.7. The first-order valence-corrected chi connectivity index (χ1v) is 10.7. The number of hydrogen-bond acceptors (Lipinski definition) is 6. The van der Waals surface area contributed by atoms with Crippen LogP contribution in [0.3, 0.4) is 0 Å². The van der Waals surface area contributed by atoms with Crippen LogP contribution in [0.2, 0.25) is 0 Å². The molecular weight excluding hydrogens is 378 g/mol. The maximum Gasteiger partial charge on any atom is 0.316 e. The van der Waals surface area contributed by atoms with Crippen molar-refractivity contribution in [2.45, 2.75) is 26.3 Å². The molecule has 0 spiro atoms. The van der Waals surface area contributed by atoms with Gasteiger partial charge in [0.25, 0.3) is 5.91 Å². The van der Waals surface area contributed by atoms with Crippen LogP contribution in [0.25, 0.3) is 0 Å². The van der Waals surface area contributed by atoms with Crippen LogP contribution < -0.4 is 10.5 Å². The maximum atomic E-state index is 13.1. The maximum absolute atomic E-state index is 13.1. The number of benzene rings is 1. The van der Waals surface area contributed by atoms with Crippen LogP contribution in [0.5, 0.6) is 6.01 Å². The summed E-state index contributed by atoms with van der Waals surface area (Å²) in [6.45, 7) is 8.37. The van der Waals surface area contributed by atoms with Crippen molar-refractivity contribution in [3.63, 3.8) is 0 Å². The number of aromatic nitrogens is 2. The molecule has 3 heterocycles. The topological polar surface area (TPSA) is 84.6 Å². The number of aryl methyl sites for hydroxylation is 2. The lowest BCUT2D eigenvalue weighted by Crippen LogP contribution is -2.35. The van der Waals surface area contributed by atoms with E-state index >= 15 is 0 Å². The van der Waals surface area contributed by atoms with Gasteiger partial charge in [-0.2, -0.15) is 9.97 Å². The van der Waals surface area contributed by atoms with Crippen molar-refractivity contribution in [2.24, 2.45) is 17.6 Å². The first-order chi connectivity index (χ1) is 14.5. The fraction of sp³-hybridized carbons (Fsp3) is 0.522. The number of carbonyl (C=O) groups is 1. The van der Waals surface area contributed by atoms with E-state index in [9.17, 15) is 4.79 Å². The summed E-state index contributed by atoms with van der Waals surface area (Å²) < 4.78 is 5.11. The second-order valence-electron chi connectivity index (χ2n) is 8.55. The molecule has 30 heavy (non-hydrogen) atoms. The molecule has 2 N–H and O–H groups in total. The average molecular weight is 410 g/mol. The molecule has 2 aromatic rings. The Labute approximate surface area is 178 Å². The fourth-order valence-electron chi connectivity index (χ4n) is 4.87. The highest BCUT2D eigenvalue weighted by molar-refractivity contribution is 5.96. The zero-order chi connectivity index (χ0) is 21.3. The van der Waals surface area contributed by atoms with Gasteiger partial charge in [-0.1, -0.05) is 30.3 Å². The van der Waals surface area contributed by atoms with E-state index < -0.39 is 0 Å². The van der Waals surface area contributed by atoms with E-state index in [0.29, 0.717) is 34.8 Å². The highest BCUT2D eigenvalue weighted by Crippen LogP contribution is 2.33. The number of amides is 1. The smallest absolute Gasteiger partial charge is 0.316 e. The summed E-state index contributed by atoms with van der Waals surface area (Å²) in [4.78, 5) is 26.2. The Morgan fingerprint density at radius 2 is 1.70 bits per heavy atom. The standard InChI is InChI=1S/C23H31N5O2/c1-15-21(16(2)26-23(25-15)30-3)22(29)28-13-18-11-27(12-19(18)14-28)10-9-20(24)17-7-5-4-6-8-17/h4-8,18-20H,9-14,24H2,1-3H3/t18?,19?,20-/m0/s1. The van der Waals surface area contributed by atoms with Gasteiger partial charge in [0.05, 0.1) is 24.1 Å². The highest BCUT2D eigenvalue weighted by atomic mass is 16.5. The third-order valence-electron chi connectivity index (χ3n) is 6.48. The summed E-state index contributed by atoms with van der Waals surface area (Å²) in [5, 5.41) is 0. The van der Waals surface area contributed by atoms with Gasteiger partial charge < -0.3 is 20.3 Å². The van der Waals surface area contributed by atoms with Crippen molar-refractivity contribution in [1.82, 2.24) is 19.8 Å². The molecular formula is C23H31N5O2. The highest BCUT2D eigenvalue weighted by Gasteiger charge is 2.42. The summed E-state index contributed by atoms with van der Waals surface area (Å²) in [5.41, 5.74) is 9.53. The number of likely N-dealkylation sites (tertiary alicyclic amines) is 2. The molecule has 3 atom stereocenters. The van der Waals surface area contributed by atoms with E-state index in [1.54, 1.807) is 0 Å². The van der Waals surface area contributed by atoms with Gasteiger partial charge >= 0.3 is 6.01 Å². The molecule has 2 unspecified atom stereocenters. The molecule has 4 rings (SSSR count). The number of methoxy groups -OCH3 is 1. The van der Waals surface area contributed by atoms with E-state index in [4.69, 9.17) is 10.5 Å². The Balaban J connectivity index is 1.32. The molecule has 160 valence electrons. The number of hydrogen-bond donors (Lipinski definition) is 1. The summed E-state index contributed by atoms with van der Waals surface area (Å²) in [6.07, 6.45) is 0.952. The quantitative estimate of drug-likeness (QED) is 0.787. The molecule has 0 bridgehead atoms. The fourth-order valence-corrected chi connectivity index (χ4v) is 4.87. The molecule has 2 aliphatic rings. The van der Waals surface area contributed by atoms with Gasteiger partial charge in [-0.25, -0.2) is 0 Å². The molecule has 0 saturated carbocycles. The second kappa shape index (κ2) is 8.70. The second-order valence-corrected chi connectivity index (χ2v) is 8.55. The van der Waals surface area contributed by atoms with E-state index in [0.717, 1.165) is 39.1 Å². The molecule has 2 saturated heterocycles. The molecule has 0 aliphatic carbocycles. The van der Waals surface area contributed by atoms with Crippen LogP contribution >= 0.6 is 0 Å². The number of ether oxygens (including phenoxy) is 1. The van der Waals surface area contributed by atoms with Crippen LogP contribution in [0.1, 0.15) is 39.8 Å². The minimum atomic E-state index is 0.0414. The van der Waals surface area contributed by atoms with Crippen LogP contribution in [0.15, 0.2) is 30.3 Å². The van der Waals surface area contributed by atoms with Gasteiger partial charge in [0.1, 0.15) is 0 Å². The summed E-state index contributed by atoms with van der Waals surface area (Å²) in [6, 6.07) is 10.7. The van der Waals surface area contributed by atoms with Gasteiger partial charge in [0.2, 0.25) is 0 Å². The molecule has 2 aliphatic heterocycles. The minimum absolute atomic E-state index is 0.0414. The van der Waals surface area contributed by atoms with Gasteiger partial charge in [-0.3, -0.25) is 4.79 Å². The van der Waals surface area contributed by atoms with Crippen molar-refractivity contribution < 1.29 is 9.53 Å². The normalized spacial score (nSPS) is 22.2. The van der Waals surface area contributed by atoms with Gasteiger partial charge in [0, 0.05) is 32.2 Å². The molecule has 1 aromatic heterocycles. The lowest BCUT2D eigenvalue weighted by molar-refractivity contribution is 0.0771.